The van der Waals surface area contributed by atoms with Crippen LogP contribution in [0, 0.1) is 11.3 Å². The van der Waals surface area contributed by atoms with Gasteiger partial charge in [-0.15, -0.1) is 0 Å². The summed E-state index contributed by atoms with van der Waals surface area (Å²) in [5, 5.41) is 2.47. The van der Waals surface area contributed by atoms with Crippen LogP contribution in [-0.4, -0.2) is 17.6 Å². The number of rotatable bonds is 2. The Hall–Kier alpha value is -0.740. The molecule has 0 aromatic heterocycles. The van der Waals surface area contributed by atoms with Gasteiger partial charge in [-0.1, -0.05) is 20.8 Å². The lowest BCUT2D eigenvalue weighted by Gasteiger charge is -2.17. The maximum absolute atomic E-state index is 11.9. The van der Waals surface area contributed by atoms with Gasteiger partial charge in [0.05, 0.1) is 0 Å². The van der Waals surface area contributed by atoms with E-state index in [2.05, 4.69) is 5.32 Å². The van der Waals surface area contributed by atoms with Crippen molar-refractivity contribution in [1.82, 2.24) is 5.32 Å². The van der Waals surface area contributed by atoms with Crippen LogP contribution in [0.1, 0.15) is 34.1 Å². The van der Waals surface area contributed by atoms with Gasteiger partial charge in [0.15, 0.2) is 0 Å². The van der Waals surface area contributed by atoms with E-state index in [0.717, 1.165) is 0 Å². The summed E-state index contributed by atoms with van der Waals surface area (Å²) in [6, 6.07) is 0. The van der Waals surface area contributed by atoms with Crippen molar-refractivity contribution < 1.29 is 18.0 Å². The Labute approximate surface area is 87.2 Å². The van der Waals surface area contributed by atoms with Gasteiger partial charge >= 0.3 is 6.18 Å². The van der Waals surface area contributed by atoms with Crippen LogP contribution in [0.15, 0.2) is 0 Å². The van der Waals surface area contributed by atoms with E-state index in [1.54, 1.807) is 6.92 Å². The normalized spacial score (nSPS) is 33.7. The molecular weight excluding hydrogens is 207 g/mol. The molecule has 2 atom stereocenters. The van der Waals surface area contributed by atoms with Crippen LogP contribution in [0.2, 0.25) is 0 Å². The van der Waals surface area contributed by atoms with Crippen LogP contribution in [0.3, 0.4) is 0 Å². The number of nitrogens with one attached hydrogen (secondary N) is 1. The van der Waals surface area contributed by atoms with Crippen molar-refractivity contribution in [2.45, 2.75) is 45.8 Å². The zero-order chi connectivity index (χ0) is 12.1. The van der Waals surface area contributed by atoms with Crippen molar-refractivity contribution in [1.29, 1.82) is 0 Å². The first kappa shape index (κ1) is 12.3. The lowest BCUT2D eigenvalue weighted by molar-refractivity contribution is -0.154. The van der Waals surface area contributed by atoms with Crippen molar-refractivity contribution in [2.24, 2.45) is 11.3 Å². The minimum Gasteiger partial charge on any atom is -0.350 e. The van der Waals surface area contributed by atoms with Crippen LogP contribution in [0.4, 0.5) is 13.2 Å². The van der Waals surface area contributed by atoms with Gasteiger partial charge in [0.25, 0.3) is 0 Å². The predicted molar refractivity (Wildman–Crippen MR) is 50.2 cm³/mol. The van der Waals surface area contributed by atoms with Gasteiger partial charge in [-0.2, -0.15) is 13.2 Å². The molecule has 0 aromatic rings. The van der Waals surface area contributed by atoms with E-state index < -0.39 is 24.0 Å². The zero-order valence-corrected chi connectivity index (χ0v) is 9.33. The van der Waals surface area contributed by atoms with Crippen LogP contribution >= 0.6 is 0 Å². The molecule has 0 heterocycles. The molecule has 0 bridgehead atoms. The van der Waals surface area contributed by atoms with E-state index >= 15 is 0 Å². The molecule has 0 radical (unpaired) electrons. The number of amides is 1. The molecule has 1 unspecified atom stereocenters. The van der Waals surface area contributed by atoms with Gasteiger partial charge in [-0.25, -0.2) is 0 Å². The first-order valence-corrected chi connectivity index (χ1v) is 4.88. The molecule has 0 saturated heterocycles. The first-order chi connectivity index (χ1) is 6.51. The molecule has 0 aromatic carbocycles. The molecule has 5 heteroatoms. The minimum atomic E-state index is -4.43. The topological polar surface area (TPSA) is 29.1 Å². The Morgan fingerprint density at radius 1 is 1.33 bits per heavy atom. The summed E-state index contributed by atoms with van der Waals surface area (Å²) in [5.41, 5.74) is -0.635. The molecule has 0 spiro atoms. The first-order valence-electron chi connectivity index (χ1n) is 4.88. The number of alkyl halides is 3. The molecular formula is C10H16F3NO. The number of hydrogen-bond donors (Lipinski definition) is 1. The van der Waals surface area contributed by atoms with Crippen molar-refractivity contribution in [3.63, 3.8) is 0 Å². The number of carbonyl (C=O) groups is 1. The van der Waals surface area contributed by atoms with E-state index in [-0.39, 0.29) is 11.3 Å². The Kier molecular flexibility index (Phi) is 2.57. The molecule has 1 saturated carbocycles. The largest absolute Gasteiger partial charge is 0.397 e. The van der Waals surface area contributed by atoms with Crippen LogP contribution in [0.25, 0.3) is 0 Å². The van der Waals surface area contributed by atoms with E-state index in [1.807, 2.05) is 20.8 Å². The monoisotopic (exact) mass is 223 g/mol. The summed E-state index contributed by atoms with van der Waals surface area (Å²) >= 11 is 0. The highest BCUT2D eigenvalue weighted by Crippen LogP contribution is 2.61. The second kappa shape index (κ2) is 3.12. The highest BCUT2D eigenvalue weighted by molar-refractivity contribution is 5.78. The highest BCUT2D eigenvalue weighted by Gasteiger charge is 2.66. The molecule has 1 aliphatic rings. The summed E-state index contributed by atoms with van der Waals surface area (Å²) in [4.78, 5) is 11.1. The van der Waals surface area contributed by atoms with Gasteiger partial charge in [0.2, 0.25) is 5.91 Å². The molecule has 0 aliphatic heterocycles. The van der Waals surface area contributed by atoms with E-state index in [4.69, 9.17) is 0 Å². The minimum absolute atomic E-state index is 0.131. The Morgan fingerprint density at radius 3 is 2.00 bits per heavy atom. The molecule has 1 aliphatic carbocycles. The fourth-order valence-electron chi connectivity index (χ4n) is 2.06. The lowest BCUT2D eigenvalue weighted by Crippen LogP contribution is -2.40. The number of hydrogen-bond acceptors (Lipinski definition) is 1. The van der Waals surface area contributed by atoms with E-state index in [0.29, 0.717) is 0 Å². The Balaban J connectivity index is 2.55. The van der Waals surface area contributed by atoms with E-state index in [1.165, 1.54) is 0 Å². The highest BCUT2D eigenvalue weighted by atomic mass is 19.4. The average molecular weight is 223 g/mol. The summed E-state index contributed by atoms with van der Waals surface area (Å²) in [5.74, 6) is -0.746. The summed E-state index contributed by atoms with van der Waals surface area (Å²) in [6.07, 6.45) is -5.83. The number of carbonyl (C=O) groups excluding carboxylic acids is 1. The van der Waals surface area contributed by atoms with Crippen LogP contribution < -0.4 is 5.32 Å². The van der Waals surface area contributed by atoms with Crippen LogP contribution in [-0.2, 0) is 4.79 Å². The van der Waals surface area contributed by atoms with Crippen molar-refractivity contribution in [2.75, 3.05) is 0 Å². The van der Waals surface area contributed by atoms with Gasteiger partial charge < -0.3 is 5.32 Å². The predicted octanol–water partition coefficient (Wildman–Crippen LogP) is 2.49. The molecule has 2 nitrogen and oxygen atoms in total. The van der Waals surface area contributed by atoms with Gasteiger partial charge in [0, 0.05) is 5.54 Å². The Morgan fingerprint density at radius 2 is 1.73 bits per heavy atom. The fourth-order valence-corrected chi connectivity index (χ4v) is 2.06. The molecule has 1 N–H and O–H groups in total. The zero-order valence-electron chi connectivity index (χ0n) is 9.33. The van der Waals surface area contributed by atoms with Crippen LogP contribution in [0.5, 0.6) is 0 Å². The maximum Gasteiger partial charge on any atom is 0.397 e. The van der Waals surface area contributed by atoms with Gasteiger partial charge in [-0.3, -0.25) is 4.79 Å². The summed E-state index contributed by atoms with van der Waals surface area (Å²) in [6.45, 7) is 7.58. The third-order valence-corrected chi connectivity index (χ3v) is 3.96. The second-order valence-corrected chi connectivity index (χ2v) is 4.99. The third-order valence-electron chi connectivity index (χ3n) is 3.96. The van der Waals surface area contributed by atoms with Crippen molar-refractivity contribution in [3.8, 4) is 0 Å². The SMILES string of the molecule is CC1C(C)(C)[C@@]1(C)NC(=O)CC(F)(F)F. The third kappa shape index (κ3) is 2.11. The summed E-state index contributed by atoms with van der Waals surface area (Å²) < 4.78 is 35.8. The molecule has 15 heavy (non-hydrogen) atoms. The molecule has 1 amide bonds. The standard InChI is InChI=1S/C10H16F3NO/c1-6-8(2,3)9(6,4)14-7(15)5-10(11,12)13/h6H,5H2,1-4H3,(H,14,15)/t6?,9-/m0/s1. The molecule has 88 valence electrons. The van der Waals surface area contributed by atoms with Gasteiger partial charge in [-0.05, 0) is 18.3 Å². The van der Waals surface area contributed by atoms with Gasteiger partial charge in [0.1, 0.15) is 6.42 Å². The maximum atomic E-state index is 11.9. The van der Waals surface area contributed by atoms with Crippen molar-refractivity contribution >= 4 is 5.91 Å². The fraction of sp³-hybridized carbons (Fsp3) is 0.900. The number of halogens is 3. The average Bonchev–Trinajstić information content (AvgIpc) is 2.30. The van der Waals surface area contributed by atoms with E-state index in [9.17, 15) is 18.0 Å². The molecule has 1 rings (SSSR count). The Bertz CT molecular complexity index is 285. The quantitative estimate of drug-likeness (QED) is 0.765. The summed E-state index contributed by atoms with van der Waals surface area (Å²) in [7, 11) is 0. The smallest absolute Gasteiger partial charge is 0.350 e. The second-order valence-electron chi connectivity index (χ2n) is 4.99. The van der Waals surface area contributed by atoms with Crippen molar-refractivity contribution in [3.05, 3.63) is 0 Å². The lowest BCUT2D eigenvalue weighted by atomic mass is 10.1. The molecule has 1 fully saturated rings.